The largest absolute Gasteiger partial charge is 0.507 e. The fourth-order valence-corrected chi connectivity index (χ4v) is 3.82. The van der Waals surface area contributed by atoms with Crippen LogP contribution >= 0.6 is 11.6 Å². The van der Waals surface area contributed by atoms with E-state index < -0.39 is 5.63 Å². The van der Waals surface area contributed by atoms with Crippen LogP contribution in [0.25, 0.3) is 22.1 Å². The van der Waals surface area contributed by atoms with Crippen LogP contribution in [0.3, 0.4) is 0 Å². The summed E-state index contributed by atoms with van der Waals surface area (Å²) in [5, 5.41) is 11.8. The average molecular weight is 387 g/mol. The molecular weight excluding hydrogens is 364 g/mol. The van der Waals surface area contributed by atoms with Crippen molar-refractivity contribution >= 4 is 22.6 Å². The zero-order valence-corrected chi connectivity index (χ0v) is 16.0. The molecule has 1 aromatic heterocycles. The number of halogens is 1. The fourth-order valence-electron chi connectivity index (χ4n) is 3.69. The maximum absolute atomic E-state index is 12.6. The number of quaternary nitrogens is 2. The van der Waals surface area contributed by atoms with E-state index in [0.29, 0.717) is 28.3 Å². The van der Waals surface area contributed by atoms with Crippen LogP contribution in [0, 0.1) is 0 Å². The van der Waals surface area contributed by atoms with Gasteiger partial charge in [0.25, 0.3) is 0 Å². The number of fused-ring (bicyclic) bond motifs is 1. The number of likely N-dealkylation sites (N-methyl/N-ethyl adjacent to an activating group) is 1. The van der Waals surface area contributed by atoms with Crippen LogP contribution in [-0.4, -0.2) is 38.3 Å². The highest BCUT2D eigenvalue weighted by atomic mass is 35.5. The maximum Gasteiger partial charge on any atom is 0.344 e. The zero-order valence-electron chi connectivity index (χ0n) is 15.2. The molecule has 0 radical (unpaired) electrons. The number of rotatable bonds is 3. The Kier molecular flexibility index (Phi) is 4.91. The van der Waals surface area contributed by atoms with E-state index >= 15 is 0 Å². The van der Waals surface area contributed by atoms with Gasteiger partial charge in [0, 0.05) is 10.4 Å². The molecule has 1 fully saturated rings. The Morgan fingerprint density at radius 3 is 2.48 bits per heavy atom. The molecule has 1 aliphatic heterocycles. The van der Waals surface area contributed by atoms with Crippen molar-refractivity contribution in [2.45, 2.75) is 6.54 Å². The molecule has 1 saturated heterocycles. The molecule has 140 valence electrons. The number of hydrogen-bond donors (Lipinski definition) is 3. The van der Waals surface area contributed by atoms with E-state index in [4.69, 9.17) is 16.0 Å². The molecule has 0 amide bonds. The lowest BCUT2D eigenvalue weighted by Crippen LogP contribution is -3.26. The topological polar surface area (TPSA) is 59.3 Å². The molecule has 1 aliphatic rings. The van der Waals surface area contributed by atoms with Gasteiger partial charge in [-0.25, -0.2) is 4.79 Å². The molecule has 0 saturated carbocycles. The zero-order chi connectivity index (χ0) is 19.0. The summed E-state index contributed by atoms with van der Waals surface area (Å²) in [5.41, 5.74) is 2.04. The molecule has 0 unspecified atom stereocenters. The van der Waals surface area contributed by atoms with E-state index in [1.807, 2.05) is 6.07 Å². The molecule has 0 bridgehead atoms. The fraction of sp³-hybridized carbons (Fsp3) is 0.286. The standard InChI is InChI=1S/C21H21ClN2O3/c1-23-8-10-24(11-9-23)13-18-19(25)7-4-15-12-17(21(26)27-20(15)18)14-2-5-16(22)6-3-14/h2-7,12,25H,8-11,13H2,1H3/p+2. The first kappa shape index (κ1) is 18.0. The summed E-state index contributed by atoms with van der Waals surface area (Å²) < 4.78 is 5.68. The van der Waals surface area contributed by atoms with Crippen molar-refractivity contribution in [3.05, 3.63) is 63.5 Å². The molecule has 4 rings (SSSR count). The molecule has 5 nitrogen and oxygen atoms in total. The summed E-state index contributed by atoms with van der Waals surface area (Å²) >= 11 is 5.94. The van der Waals surface area contributed by atoms with Crippen molar-refractivity contribution in [3.63, 3.8) is 0 Å². The maximum atomic E-state index is 12.6. The Balaban J connectivity index is 1.74. The highest BCUT2D eigenvalue weighted by Gasteiger charge is 2.23. The predicted octanol–water partition coefficient (Wildman–Crippen LogP) is 0.732. The first-order chi connectivity index (χ1) is 13.0. The van der Waals surface area contributed by atoms with E-state index in [1.54, 1.807) is 36.4 Å². The molecule has 0 aliphatic carbocycles. The Labute approximate surface area is 162 Å². The second-order valence-corrected chi connectivity index (χ2v) is 7.76. The second kappa shape index (κ2) is 7.35. The van der Waals surface area contributed by atoms with Crippen LogP contribution in [0.5, 0.6) is 5.75 Å². The molecule has 0 atom stereocenters. The number of hydrogen-bond acceptors (Lipinski definition) is 3. The third kappa shape index (κ3) is 3.72. The minimum atomic E-state index is -0.408. The van der Waals surface area contributed by atoms with Crippen LogP contribution in [0.1, 0.15) is 5.56 Å². The van der Waals surface area contributed by atoms with Crippen molar-refractivity contribution in [1.82, 2.24) is 0 Å². The summed E-state index contributed by atoms with van der Waals surface area (Å²) in [6, 6.07) is 12.4. The lowest BCUT2D eigenvalue weighted by molar-refractivity contribution is -1.01. The van der Waals surface area contributed by atoms with Crippen molar-refractivity contribution in [3.8, 4) is 16.9 Å². The molecule has 3 N–H and O–H groups in total. The predicted molar refractivity (Wildman–Crippen MR) is 106 cm³/mol. The van der Waals surface area contributed by atoms with Gasteiger partial charge < -0.3 is 19.3 Å². The van der Waals surface area contributed by atoms with Gasteiger partial charge in [-0.15, -0.1) is 0 Å². The number of nitrogens with one attached hydrogen (secondary N) is 2. The average Bonchev–Trinajstić information content (AvgIpc) is 2.66. The lowest BCUT2D eigenvalue weighted by Gasteiger charge is -2.27. The molecule has 2 heterocycles. The summed E-state index contributed by atoms with van der Waals surface area (Å²) in [6.07, 6.45) is 0. The molecule has 3 aromatic rings. The van der Waals surface area contributed by atoms with Gasteiger partial charge in [0.1, 0.15) is 38.5 Å². The molecule has 2 aromatic carbocycles. The minimum Gasteiger partial charge on any atom is -0.507 e. The van der Waals surface area contributed by atoms with Crippen molar-refractivity contribution < 1.29 is 19.3 Å². The normalized spacial score (nSPS) is 20.1. The Hall–Kier alpha value is -2.34. The number of piperazine rings is 1. The smallest absolute Gasteiger partial charge is 0.344 e. The molecule has 27 heavy (non-hydrogen) atoms. The van der Waals surface area contributed by atoms with Gasteiger partial charge in [-0.05, 0) is 35.9 Å². The quantitative estimate of drug-likeness (QED) is 0.582. The summed E-state index contributed by atoms with van der Waals surface area (Å²) in [5.74, 6) is 0.184. The van der Waals surface area contributed by atoms with Crippen molar-refractivity contribution in [2.24, 2.45) is 0 Å². The van der Waals surface area contributed by atoms with Crippen LogP contribution in [0.2, 0.25) is 5.02 Å². The van der Waals surface area contributed by atoms with Gasteiger partial charge in [0.2, 0.25) is 0 Å². The highest BCUT2D eigenvalue weighted by Crippen LogP contribution is 2.29. The van der Waals surface area contributed by atoms with Gasteiger partial charge in [-0.2, -0.15) is 0 Å². The third-order valence-corrected chi connectivity index (χ3v) is 5.63. The summed E-state index contributed by atoms with van der Waals surface area (Å²) in [6.45, 7) is 4.93. The van der Waals surface area contributed by atoms with Crippen molar-refractivity contribution in [2.75, 3.05) is 33.2 Å². The molecule has 6 heteroatoms. The summed E-state index contributed by atoms with van der Waals surface area (Å²) in [4.78, 5) is 15.5. The minimum absolute atomic E-state index is 0.184. The summed E-state index contributed by atoms with van der Waals surface area (Å²) in [7, 11) is 2.20. The van der Waals surface area contributed by atoms with Gasteiger partial charge in [-0.1, -0.05) is 23.7 Å². The van der Waals surface area contributed by atoms with Gasteiger partial charge >= 0.3 is 5.63 Å². The number of aromatic hydroxyl groups is 1. The van der Waals surface area contributed by atoms with E-state index in [0.717, 1.165) is 37.1 Å². The van der Waals surface area contributed by atoms with E-state index in [2.05, 4.69) is 7.05 Å². The molecule has 0 spiro atoms. The van der Waals surface area contributed by atoms with E-state index in [-0.39, 0.29) is 5.75 Å². The number of phenols is 1. The van der Waals surface area contributed by atoms with Crippen LogP contribution in [0.4, 0.5) is 0 Å². The van der Waals surface area contributed by atoms with Gasteiger partial charge in [0.15, 0.2) is 5.58 Å². The monoisotopic (exact) mass is 386 g/mol. The van der Waals surface area contributed by atoms with Crippen LogP contribution in [-0.2, 0) is 6.54 Å². The van der Waals surface area contributed by atoms with Gasteiger partial charge in [0.05, 0.1) is 18.2 Å². The van der Waals surface area contributed by atoms with Crippen LogP contribution in [0.15, 0.2) is 51.7 Å². The SMILES string of the molecule is C[NH+]1CC[NH+](Cc2c(O)ccc3cc(-c4ccc(Cl)cc4)c(=O)oc23)CC1. The Morgan fingerprint density at radius 2 is 1.78 bits per heavy atom. The van der Waals surface area contributed by atoms with E-state index in [1.165, 1.54) is 9.80 Å². The van der Waals surface area contributed by atoms with Crippen LogP contribution < -0.4 is 15.4 Å². The first-order valence-corrected chi connectivity index (χ1v) is 9.58. The third-order valence-electron chi connectivity index (χ3n) is 5.37. The highest BCUT2D eigenvalue weighted by molar-refractivity contribution is 6.30. The Bertz CT molecular complexity index is 1020. The number of benzene rings is 2. The van der Waals surface area contributed by atoms with Gasteiger partial charge in [-0.3, -0.25) is 0 Å². The van der Waals surface area contributed by atoms with E-state index in [9.17, 15) is 9.90 Å². The molecular formula is C21H23ClN2O3+2. The van der Waals surface area contributed by atoms with Crippen molar-refractivity contribution in [1.29, 1.82) is 0 Å². The lowest BCUT2D eigenvalue weighted by atomic mass is 10.0. The first-order valence-electron chi connectivity index (χ1n) is 9.21. The second-order valence-electron chi connectivity index (χ2n) is 7.32. The Morgan fingerprint density at radius 1 is 1.07 bits per heavy atom. The number of phenolic OH excluding ortho intramolecular Hbond substituents is 1.